The summed E-state index contributed by atoms with van der Waals surface area (Å²) in [5, 5.41) is 0. The maximum atomic E-state index is 4.70. The minimum Gasteiger partial charge on any atom is -0.339 e. The van der Waals surface area contributed by atoms with E-state index in [1.54, 1.807) is 6.20 Å². The molecule has 3 aromatic rings. The molecule has 0 amide bonds. The Morgan fingerprint density at radius 2 is 1.83 bits per heavy atom. The highest BCUT2D eigenvalue weighted by atomic mass is 15.2. The SMILES string of the molecule is Cc1ccc(-c2cnc(N(C)Cc3cccnc3)nc2C)c(C)c1. The Balaban J connectivity index is 1.87. The van der Waals surface area contributed by atoms with Crippen LogP contribution in [0.2, 0.25) is 0 Å². The van der Waals surface area contributed by atoms with Crippen molar-refractivity contribution in [3.05, 3.63) is 71.3 Å². The van der Waals surface area contributed by atoms with Crippen LogP contribution in [-0.2, 0) is 6.54 Å². The monoisotopic (exact) mass is 318 g/mol. The van der Waals surface area contributed by atoms with Gasteiger partial charge < -0.3 is 4.90 Å². The van der Waals surface area contributed by atoms with Crippen molar-refractivity contribution >= 4 is 5.95 Å². The van der Waals surface area contributed by atoms with Gasteiger partial charge in [-0.1, -0.05) is 29.8 Å². The van der Waals surface area contributed by atoms with Gasteiger partial charge in [0.2, 0.25) is 5.95 Å². The molecule has 0 atom stereocenters. The maximum Gasteiger partial charge on any atom is 0.225 e. The summed E-state index contributed by atoms with van der Waals surface area (Å²) in [5.74, 6) is 0.727. The van der Waals surface area contributed by atoms with E-state index in [0.29, 0.717) is 0 Å². The number of aryl methyl sites for hydroxylation is 3. The van der Waals surface area contributed by atoms with Gasteiger partial charge in [-0.05, 0) is 43.5 Å². The fraction of sp³-hybridized carbons (Fsp3) is 0.250. The summed E-state index contributed by atoms with van der Waals surface area (Å²) in [7, 11) is 2.00. The molecule has 0 aliphatic carbocycles. The first kappa shape index (κ1) is 16.1. The number of nitrogens with zero attached hydrogens (tertiary/aromatic N) is 4. The minimum atomic E-state index is 0.727. The van der Waals surface area contributed by atoms with Crippen LogP contribution >= 0.6 is 0 Å². The molecule has 122 valence electrons. The molecule has 0 N–H and O–H groups in total. The van der Waals surface area contributed by atoms with E-state index >= 15 is 0 Å². The van der Waals surface area contributed by atoms with E-state index in [9.17, 15) is 0 Å². The van der Waals surface area contributed by atoms with E-state index < -0.39 is 0 Å². The predicted octanol–water partition coefficient (Wildman–Crippen LogP) is 4.10. The summed E-state index contributed by atoms with van der Waals surface area (Å²) < 4.78 is 0. The van der Waals surface area contributed by atoms with Crippen LogP contribution in [0.5, 0.6) is 0 Å². The Bertz CT molecular complexity index is 844. The van der Waals surface area contributed by atoms with Crippen LogP contribution in [0.4, 0.5) is 5.95 Å². The number of anilines is 1. The number of aromatic nitrogens is 3. The Kier molecular flexibility index (Phi) is 4.56. The lowest BCUT2D eigenvalue weighted by Gasteiger charge is -2.18. The third-order valence-corrected chi connectivity index (χ3v) is 4.12. The van der Waals surface area contributed by atoms with Crippen molar-refractivity contribution in [1.29, 1.82) is 0 Å². The molecule has 0 spiro atoms. The first-order chi connectivity index (χ1) is 11.5. The average molecular weight is 318 g/mol. The van der Waals surface area contributed by atoms with Crippen LogP contribution in [0.3, 0.4) is 0 Å². The zero-order valence-electron chi connectivity index (χ0n) is 14.6. The van der Waals surface area contributed by atoms with E-state index in [0.717, 1.165) is 29.3 Å². The normalized spacial score (nSPS) is 10.7. The second-order valence-corrected chi connectivity index (χ2v) is 6.20. The Morgan fingerprint density at radius 3 is 2.50 bits per heavy atom. The van der Waals surface area contributed by atoms with Crippen molar-refractivity contribution in [3.8, 4) is 11.1 Å². The molecule has 0 saturated carbocycles. The highest BCUT2D eigenvalue weighted by molar-refractivity contribution is 5.69. The number of pyridine rings is 1. The van der Waals surface area contributed by atoms with Crippen molar-refractivity contribution in [3.63, 3.8) is 0 Å². The van der Waals surface area contributed by atoms with Crippen LogP contribution in [0.1, 0.15) is 22.4 Å². The quantitative estimate of drug-likeness (QED) is 0.726. The molecule has 0 aliphatic heterocycles. The molecule has 0 radical (unpaired) electrons. The van der Waals surface area contributed by atoms with Crippen LogP contribution in [0.25, 0.3) is 11.1 Å². The highest BCUT2D eigenvalue weighted by Gasteiger charge is 2.11. The van der Waals surface area contributed by atoms with Gasteiger partial charge in [0.25, 0.3) is 0 Å². The minimum absolute atomic E-state index is 0.727. The fourth-order valence-electron chi connectivity index (χ4n) is 2.86. The van der Waals surface area contributed by atoms with Gasteiger partial charge in [-0.2, -0.15) is 0 Å². The second-order valence-electron chi connectivity index (χ2n) is 6.20. The molecule has 2 aromatic heterocycles. The molecule has 1 aromatic carbocycles. The van der Waals surface area contributed by atoms with E-state index in [1.165, 1.54) is 16.7 Å². The zero-order chi connectivity index (χ0) is 17.1. The average Bonchev–Trinajstić information content (AvgIpc) is 2.56. The van der Waals surface area contributed by atoms with Gasteiger partial charge in [0, 0.05) is 37.7 Å². The molecule has 0 fully saturated rings. The molecule has 4 heteroatoms. The molecule has 0 saturated heterocycles. The zero-order valence-corrected chi connectivity index (χ0v) is 14.6. The summed E-state index contributed by atoms with van der Waals surface area (Å²) in [6.45, 7) is 7.01. The number of hydrogen-bond acceptors (Lipinski definition) is 4. The van der Waals surface area contributed by atoms with E-state index in [2.05, 4.69) is 48.1 Å². The van der Waals surface area contributed by atoms with E-state index in [-0.39, 0.29) is 0 Å². The molecular formula is C20H22N4. The summed E-state index contributed by atoms with van der Waals surface area (Å²) >= 11 is 0. The predicted molar refractivity (Wildman–Crippen MR) is 98.0 cm³/mol. The van der Waals surface area contributed by atoms with E-state index in [1.807, 2.05) is 37.3 Å². The van der Waals surface area contributed by atoms with Crippen LogP contribution in [0, 0.1) is 20.8 Å². The molecule has 3 rings (SSSR count). The summed E-state index contributed by atoms with van der Waals surface area (Å²) in [4.78, 5) is 15.5. The molecule has 0 bridgehead atoms. The van der Waals surface area contributed by atoms with Gasteiger partial charge in [-0.3, -0.25) is 4.98 Å². The van der Waals surface area contributed by atoms with Crippen LogP contribution in [-0.4, -0.2) is 22.0 Å². The lowest BCUT2D eigenvalue weighted by atomic mass is 9.99. The summed E-state index contributed by atoms with van der Waals surface area (Å²) in [6, 6.07) is 10.5. The number of hydrogen-bond donors (Lipinski definition) is 0. The molecule has 24 heavy (non-hydrogen) atoms. The van der Waals surface area contributed by atoms with Gasteiger partial charge in [0.05, 0.1) is 5.69 Å². The van der Waals surface area contributed by atoms with Crippen molar-refractivity contribution in [2.45, 2.75) is 27.3 Å². The van der Waals surface area contributed by atoms with Gasteiger partial charge in [-0.15, -0.1) is 0 Å². The number of benzene rings is 1. The van der Waals surface area contributed by atoms with Crippen molar-refractivity contribution in [2.75, 3.05) is 11.9 Å². The largest absolute Gasteiger partial charge is 0.339 e. The van der Waals surface area contributed by atoms with Gasteiger partial charge in [-0.25, -0.2) is 9.97 Å². The molecule has 0 unspecified atom stereocenters. The first-order valence-corrected chi connectivity index (χ1v) is 8.06. The highest BCUT2D eigenvalue weighted by Crippen LogP contribution is 2.27. The van der Waals surface area contributed by atoms with Gasteiger partial charge >= 0.3 is 0 Å². The Morgan fingerprint density at radius 1 is 1.00 bits per heavy atom. The Hall–Kier alpha value is -2.75. The van der Waals surface area contributed by atoms with Crippen molar-refractivity contribution < 1.29 is 0 Å². The maximum absolute atomic E-state index is 4.70. The third kappa shape index (κ3) is 3.43. The Labute approximate surface area is 143 Å². The van der Waals surface area contributed by atoms with Gasteiger partial charge in [0.15, 0.2) is 0 Å². The van der Waals surface area contributed by atoms with Crippen molar-refractivity contribution in [1.82, 2.24) is 15.0 Å². The number of rotatable bonds is 4. The third-order valence-electron chi connectivity index (χ3n) is 4.12. The van der Waals surface area contributed by atoms with Crippen LogP contribution < -0.4 is 4.90 Å². The summed E-state index contributed by atoms with van der Waals surface area (Å²) in [5.41, 5.74) is 6.93. The lowest BCUT2D eigenvalue weighted by Crippen LogP contribution is -2.19. The topological polar surface area (TPSA) is 41.9 Å². The second kappa shape index (κ2) is 6.79. The standard InChI is InChI=1S/C20H22N4/c1-14-7-8-18(15(2)10-14)19-12-22-20(23-16(19)3)24(4)13-17-6-5-9-21-11-17/h5-12H,13H2,1-4H3. The molecular weight excluding hydrogens is 296 g/mol. The lowest BCUT2D eigenvalue weighted by molar-refractivity contribution is 0.856. The van der Waals surface area contributed by atoms with E-state index in [4.69, 9.17) is 4.98 Å². The smallest absolute Gasteiger partial charge is 0.225 e. The molecule has 0 aliphatic rings. The van der Waals surface area contributed by atoms with Crippen molar-refractivity contribution in [2.24, 2.45) is 0 Å². The first-order valence-electron chi connectivity index (χ1n) is 8.06. The van der Waals surface area contributed by atoms with Gasteiger partial charge in [0.1, 0.15) is 0 Å². The molecule has 4 nitrogen and oxygen atoms in total. The fourth-order valence-corrected chi connectivity index (χ4v) is 2.86. The summed E-state index contributed by atoms with van der Waals surface area (Å²) in [6.07, 6.45) is 5.57. The van der Waals surface area contributed by atoms with Crippen LogP contribution in [0.15, 0.2) is 48.9 Å². The molecule has 2 heterocycles.